The van der Waals surface area contributed by atoms with Crippen LogP contribution in [0.1, 0.15) is 19.4 Å². The van der Waals surface area contributed by atoms with Gasteiger partial charge in [0, 0.05) is 11.6 Å². The van der Waals surface area contributed by atoms with Gasteiger partial charge in [-0.3, -0.25) is 9.40 Å². The minimum Gasteiger partial charge on any atom is -0.364 e. The zero-order valence-electron chi connectivity index (χ0n) is 17.0. The van der Waals surface area contributed by atoms with Crippen LogP contribution in [0.5, 0.6) is 0 Å². The second-order valence-corrected chi connectivity index (χ2v) is 9.37. The molecular formula is C20H18F2N6O3S. The predicted molar refractivity (Wildman–Crippen MR) is 112 cm³/mol. The second-order valence-electron chi connectivity index (χ2n) is 7.13. The molecule has 3 heterocycles. The Bertz CT molecular complexity index is 1350. The molecule has 0 atom stereocenters. The van der Waals surface area contributed by atoms with Gasteiger partial charge in [0.15, 0.2) is 17.5 Å². The molecular weight excluding hydrogens is 442 g/mol. The summed E-state index contributed by atoms with van der Waals surface area (Å²) in [6.07, 6.45) is 2.23. The van der Waals surface area contributed by atoms with Gasteiger partial charge in [0.05, 0.1) is 23.7 Å². The molecule has 9 nitrogen and oxygen atoms in total. The van der Waals surface area contributed by atoms with E-state index in [1.165, 1.54) is 30.9 Å². The van der Waals surface area contributed by atoms with Gasteiger partial charge >= 0.3 is 0 Å². The molecule has 0 amide bonds. The van der Waals surface area contributed by atoms with Crippen molar-refractivity contribution in [3.63, 3.8) is 0 Å². The number of hydrogen-bond donors (Lipinski definition) is 1. The number of benzene rings is 1. The van der Waals surface area contributed by atoms with Crippen molar-refractivity contribution >= 4 is 15.8 Å². The highest BCUT2D eigenvalue weighted by molar-refractivity contribution is 7.93. The Labute approximate surface area is 182 Å². The minimum absolute atomic E-state index is 0.0233. The average Bonchev–Trinajstić information content (AvgIpc) is 3.41. The van der Waals surface area contributed by atoms with Gasteiger partial charge in [-0.1, -0.05) is 23.4 Å². The fraction of sp³-hybridized carbons (Fsp3) is 0.200. The van der Waals surface area contributed by atoms with Crippen LogP contribution in [0.4, 0.5) is 14.6 Å². The van der Waals surface area contributed by atoms with Crippen molar-refractivity contribution in [2.45, 2.75) is 25.6 Å². The van der Waals surface area contributed by atoms with E-state index in [2.05, 4.69) is 24.9 Å². The molecule has 32 heavy (non-hydrogen) atoms. The topological polar surface area (TPSA) is 116 Å². The molecule has 166 valence electrons. The number of nitrogens with one attached hydrogen (secondary N) is 1. The van der Waals surface area contributed by atoms with Crippen LogP contribution in [0.25, 0.3) is 22.9 Å². The molecule has 0 spiro atoms. The lowest BCUT2D eigenvalue weighted by Gasteiger charge is -2.10. The van der Waals surface area contributed by atoms with Crippen molar-refractivity contribution in [3.8, 4) is 22.9 Å². The first-order chi connectivity index (χ1) is 15.2. The molecule has 3 aromatic heterocycles. The Hall–Kier alpha value is -3.67. The summed E-state index contributed by atoms with van der Waals surface area (Å²) < 4.78 is 61.2. The first kappa shape index (κ1) is 21.6. The van der Waals surface area contributed by atoms with Gasteiger partial charge in [-0.15, -0.1) is 0 Å². The SMILES string of the molecule is CC(C)S(=O)(=O)Nc1nc(-c2cc(-c3ccon3)n(Cc3ccccc3F)n2)ncc1F. The van der Waals surface area contributed by atoms with Gasteiger partial charge in [-0.2, -0.15) is 5.10 Å². The summed E-state index contributed by atoms with van der Waals surface area (Å²) in [5.74, 6) is -1.85. The van der Waals surface area contributed by atoms with Gasteiger partial charge in [0.1, 0.15) is 23.5 Å². The Morgan fingerprint density at radius 1 is 1.12 bits per heavy atom. The molecule has 0 bridgehead atoms. The molecule has 4 aromatic rings. The van der Waals surface area contributed by atoms with Gasteiger partial charge in [0.2, 0.25) is 10.0 Å². The number of sulfonamides is 1. The highest BCUT2D eigenvalue weighted by Gasteiger charge is 2.21. The summed E-state index contributed by atoms with van der Waals surface area (Å²) in [6, 6.07) is 9.42. The van der Waals surface area contributed by atoms with Crippen molar-refractivity contribution < 1.29 is 21.7 Å². The average molecular weight is 460 g/mol. The number of rotatable bonds is 7. The maximum atomic E-state index is 14.2. The highest BCUT2D eigenvalue weighted by atomic mass is 32.2. The van der Waals surface area contributed by atoms with Gasteiger partial charge in [-0.05, 0) is 26.0 Å². The van der Waals surface area contributed by atoms with Gasteiger partial charge in [-0.25, -0.2) is 27.2 Å². The van der Waals surface area contributed by atoms with E-state index in [1.54, 1.807) is 30.3 Å². The van der Waals surface area contributed by atoms with Crippen molar-refractivity contribution in [1.29, 1.82) is 0 Å². The van der Waals surface area contributed by atoms with Gasteiger partial charge in [0.25, 0.3) is 0 Å². The van der Waals surface area contributed by atoms with Crippen LogP contribution < -0.4 is 4.72 Å². The molecule has 0 aliphatic carbocycles. The van der Waals surface area contributed by atoms with Crippen LogP contribution in [0.2, 0.25) is 0 Å². The maximum Gasteiger partial charge on any atom is 0.236 e. The fourth-order valence-corrected chi connectivity index (χ4v) is 3.45. The van der Waals surface area contributed by atoms with Crippen LogP contribution >= 0.6 is 0 Å². The lowest BCUT2D eigenvalue weighted by Crippen LogP contribution is -2.24. The summed E-state index contributed by atoms with van der Waals surface area (Å²) in [7, 11) is -3.83. The third-order valence-electron chi connectivity index (χ3n) is 4.59. The molecule has 0 fully saturated rings. The summed E-state index contributed by atoms with van der Waals surface area (Å²) in [6.45, 7) is 2.98. The second kappa shape index (κ2) is 8.46. The van der Waals surface area contributed by atoms with Gasteiger partial charge < -0.3 is 4.52 Å². The molecule has 0 saturated heterocycles. The first-order valence-corrected chi connectivity index (χ1v) is 11.1. The molecule has 0 aliphatic heterocycles. The highest BCUT2D eigenvalue weighted by Crippen LogP contribution is 2.26. The summed E-state index contributed by atoms with van der Waals surface area (Å²) in [5, 5.41) is 7.52. The normalized spacial score (nSPS) is 11.8. The lowest BCUT2D eigenvalue weighted by molar-refractivity contribution is 0.421. The van der Waals surface area contributed by atoms with Crippen molar-refractivity contribution in [2.24, 2.45) is 0 Å². The molecule has 0 saturated carbocycles. The van der Waals surface area contributed by atoms with E-state index in [9.17, 15) is 17.2 Å². The Balaban J connectivity index is 1.76. The zero-order chi connectivity index (χ0) is 22.9. The third-order valence-corrected chi connectivity index (χ3v) is 6.31. The molecule has 0 aliphatic rings. The number of anilines is 1. The monoisotopic (exact) mass is 460 g/mol. The van der Waals surface area contributed by atoms with Crippen LogP contribution in [-0.2, 0) is 16.6 Å². The molecule has 1 aromatic carbocycles. The Kier molecular flexibility index (Phi) is 5.70. The number of nitrogens with zero attached hydrogens (tertiary/aromatic N) is 5. The van der Waals surface area contributed by atoms with Crippen LogP contribution in [0, 0.1) is 11.6 Å². The van der Waals surface area contributed by atoms with Crippen LogP contribution in [-0.4, -0.2) is 38.6 Å². The van der Waals surface area contributed by atoms with E-state index in [0.29, 0.717) is 17.0 Å². The van der Waals surface area contributed by atoms with E-state index >= 15 is 0 Å². The fourth-order valence-electron chi connectivity index (χ4n) is 2.80. The molecule has 0 unspecified atom stereocenters. The molecule has 1 N–H and O–H groups in total. The smallest absolute Gasteiger partial charge is 0.236 e. The Morgan fingerprint density at radius 2 is 1.91 bits per heavy atom. The number of hydrogen-bond acceptors (Lipinski definition) is 7. The Morgan fingerprint density at radius 3 is 2.59 bits per heavy atom. The van der Waals surface area contributed by atoms with E-state index < -0.39 is 32.7 Å². The number of aromatic nitrogens is 5. The quantitative estimate of drug-likeness (QED) is 0.449. The minimum atomic E-state index is -3.83. The molecule has 0 radical (unpaired) electrons. The summed E-state index contributed by atoms with van der Waals surface area (Å²) in [5.41, 5.74) is 1.51. The summed E-state index contributed by atoms with van der Waals surface area (Å²) in [4.78, 5) is 7.93. The van der Waals surface area contributed by atoms with E-state index in [4.69, 9.17) is 4.52 Å². The lowest BCUT2D eigenvalue weighted by atomic mass is 10.2. The zero-order valence-corrected chi connectivity index (χ0v) is 17.8. The maximum absolute atomic E-state index is 14.2. The standard InChI is InChI=1S/C20H18F2N6O3S/c1-12(2)32(29,30)27-19-15(22)10-23-20(24-19)17-9-18(16-7-8-31-26-16)28(25-17)11-13-5-3-4-6-14(13)21/h3-10,12H,11H2,1-2H3,(H,23,24,27). The van der Waals surface area contributed by atoms with E-state index in [1.807, 2.05) is 0 Å². The summed E-state index contributed by atoms with van der Waals surface area (Å²) >= 11 is 0. The van der Waals surface area contributed by atoms with E-state index in [-0.39, 0.29) is 18.1 Å². The van der Waals surface area contributed by atoms with Crippen molar-refractivity contribution in [2.75, 3.05) is 4.72 Å². The van der Waals surface area contributed by atoms with Crippen molar-refractivity contribution in [1.82, 2.24) is 24.9 Å². The van der Waals surface area contributed by atoms with Crippen molar-refractivity contribution in [3.05, 3.63) is 66.1 Å². The first-order valence-electron chi connectivity index (χ1n) is 9.51. The number of halogens is 2. The van der Waals surface area contributed by atoms with Crippen LogP contribution in [0.15, 0.2) is 53.4 Å². The largest absolute Gasteiger partial charge is 0.364 e. The van der Waals surface area contributed by atoms with E-state index in [0.717, 1.165) is 6.20 Å². The van der Waals surface area contributed by atoms with Crippen LogP contribution in [0.3, 0.4) is 0 Å². The predicted octanol–water partition coefficient (Wildman–Crippen LogP) is 3.47. The molecule has 12 heteroatoms. The third kappa shape index (κ3) is 4.35. The molecule has 4 rings (SSSR count).